The first-order valence-corrected chi connectivity index (χ1v) is 9.90. The Hall–Kier alpha value is -1.99. The Morgan fingerprint density at radius 3 is 2.59 bits per heavy atom. The maximum absolute atomic E-state index is 11.0. The van der Waals surface area contributed by atoms with Crippen LogP contribution in [0.4, 0.5) is 0 Å². The lowest BCUT2D eigenvalue weighted by molar-refractivity contribution is -0.118. The highest BCUT2D eigenvalue weighted by Gasteiger charge is 2.31. The number of amides is 1. The molecule has 144 valence electrons. The molecule has 1 amide bonds. The van der Waals surface area contributed by atoms with Gasteiger partial charge in [-0.15, -0.1) is 0 Å². The second kappa shape index (κ2) is 8.35. The predicted molar refractivity (Wildman–Crippen MR) is 108 cm³/mol. The molecule has 2 unspecified atom stereocenters. The molecule has 4 N–H and O–H groups in total. The lowest BCUT2D eigenvalue weighted by Crippen LogP contribution is -2.48. The summed E-state index contributed by atoms with van der Waals surface area (Å²) in [5.41, 5.74) is 13.5. The number of primary amides is 1. The first-order chi connectivity index (χ1) is 13.2. The van der Waals surface area contributed by atoms with Gasteiger partial charge in [-0.1, -0.05) is 42.5 Å². The van der Waals surface area contributed by atoms with Crippen LogP contribution < -0.4 is 16.6 Å². The van der Waals surface area contributed by atoms with Gasteiger partial charge in [0, 0.05) is 58.2 Å². The number of nitrogens with one attached hydrogen (secondary N) is 2. The number of hydrazine groups is 1. The largest absolute Gasteiger partial charge is 0.370 e. The molecule has 0 bridgehead atoms. The molecule has 2 fully saturated rings. The van der Waals surface area contributed by atoms with E-state index in [4.69, 9.17) is 5.73 Å². The molecule has 2 aromatic rings. The Morgan fingerprint density at radius 1 is 1.04 bits per heavy atom. The Kier molecular flexibility index (Phi) is 5.69. The third kappa shape index (κ3) is 4.30. The number of hydrogen-bond acceptors (Lipinski definition) is 5. The van der Waals surface area contributed by atoms with Crippen LogP contribution in [0.2, 0.25) is 0 Å². The van der Waals surface area contributed by atoms with Gasteiger partial charge >= 0.3 is 0 Å². The van der Waals surface area contributed by atoms with Crippen LogP contribution in [-0.4, -0.2) is 61.5 Å². The van der Waals surface area contributed by atoms with Gasteiger partial charge in [0.2, 0.25) is 5.91 Å². The second-order valence-electron chi connectivity index (χ2n) is 7.69. The highest BCUT2D eigenvalue weighted by atomic mass is 16.1. The van der Waals surface area contributed by atoms with E-state index in [1.165, 1.54) is 16.3 Å². The molecular formula is C21H29N5O. The van der Waals surface area contributed by atoms with Crippen molar-refractivity contribution < 1.29 is 4.79 Å². The minimum Gasteiger partial charge on any atom is -0.370 e. The number of benzene rings is 2. The molecule has 0 saturated carbocycles. The van der Waals surface area contributed by atoms with Crippen molar-refractivity contribution in [3.63, 3.8) is 0 Å². The Labute approximate surface area is 160 Å². The molecule has 0 spiro atoms. The van der Waals surface area contributed by atoms with Crippen molar-refractivity contribution >= 4 is 16.7 Å². The number of carbonyl (C=O) groups excluding carboxylic acids is 1. The van der Waals surface area contributed by atoms with Crippen molar-refractivity contribution in [1.29, 1.82) is 0 Å². The molecule has 2 heterocycles. The lowest BCUT2D eigenvalue weighted by atomic mass is 9.90. The summed E-state index contributed by atoms with van der Waals surface area (Å²) in [5.74, 6) is 0.325. The molecular weight excluding hydrogens is 338 g/mol. The number of piperazine rings is 1. The van der Waals surface area contributed by atoms with Crippen molar-refractivity contribution in [2.45, 2.75) is 12.5 Å². The average Bonchev–Trinajstić information content (AvgIpc) is 3.15. The van der Waals surface area contributed by atoms with Gasteiger partial charge in [0.25, 0.3) is 0 Å². The fourth-order valence-electron chi connectivity index (χ4n) is 4.35. The van der Waals surface area contributed by atoms with Crippen molar-refractivity contribution in [2.75, 3.05) is 45.8 Å². The van der Waals surface area contributed by atoms with Gasteiger partial charge in [-0.25, -0.2) is 5.43 Å². The van der Waals surface area contributed by atoms with E-state index in [1.807, 2.05) is 0 Å². The summed E-state index contributed by atoms with van der Waals surface area (Å²) < 4.78 is 0. The highest BCUT2D eigenvalue weighted by Crippen LogP contribution is 2.31. The van der Waals surface area contributed by atoms with Crippen LogP contribution in [0.5, 0.6) is 0 Å². The lowest BCUT2D eigenvalue weighted by Gasteiger charge is -2.36. The average molecular weight is 367 g/mol. The minimum absolute atomic E-state index is 0.210. The molecule has 6 nitrogen and oxygen atoms in total. The Balaban J connectivity index is 1.39. The monoisotopic (exact) mass is 367 g/mol. The van der Waals surface area contributed by atoms with Crippen LogP contribution in [0.15, 0.2) is 42.5 Å². The summed E-state index contributed by atoms with van der Waals surface area (Å²) in [6.45, 7) is 6.98. The van der Waals surface area contributed by atoms with E-state index in [9.17, 15) is 4.79 Å². The van der Waals surface area contributed by atoms with E-state index in [0.29, 0.717) is 18.4 Å². The van der Waals surface area contributed by atoms with E-state index in [1.54, 1.807) is 0 Å². The van der Waals surface area contributed by atoms with E-state index in [2.05, 4.69) is 63.1 Å². The van der Waals surface area contributed by atoms with Gasteiger partial charge in [0.15, 0.2) is 0 Å². The molecule has 2 aromatic carbocycles. The summed E-state index contributed by atoms with van der Waals surface area (Å²) in [7, 11) is 0. The molecule has 2 atom stereocenters. The smallest absolute Gasteiger partial charge is 0.218 e. The van der Waals surface area contributed by atoms with Crippen LogP contribution in [0.3, 0.4) is 0 Å². The van der Waals surface area contributed by atoms with Gasteiger partial charge in [0.05, 0.1) is 6.04 Å². The zero-order chi connectivity index (χ0) is 18.6. The molecule has 0 aliphatic carbocycles. The number of carbonyl (C=O) groups is 1. The SMILES string of the molecule is NC(=O)CCN1CCN(CC2CNNC2c2cccc3ccccc23)CC1. The van der Waals surface area contributed by atoms with E-state index in [-0.39, 0.29) is 5.91 Å². The fraction of sp³-hybridized carbons (Fsp3) is 0.476. The summed E-state index contributed by atoms with van der Waals surface area (Å²) in [4.78, 5) is 15.9. The topological polar surface area (TPSA) is 73.6 Å². The number of hydrogen-bond donors (Lipinski definition) is 3. The van der Waals surface area contributed by atoms with Gasteiger partial charge in [0.1, 0.15) is 0 Å². The number of nitrogens with two attached hydrogens (primary N) is 1. The Morgan fingerprint density at radius 2 is 1.78 bits per heavy atom. The summed E-state index contributed by atoms with van der Waals surface area (Å²) in [6, 6.07) is 15.5. The molecule has 4 rings (SSSR count). The van der Waals surface area contributed by atoms with Gasteiger partial charge in [-0.05, 0) is 16.3 Å². The zero-order valence-electron chi connectivity index (χ0n) is 15.7. The molecule has 2 aliphatic rings. The van der Waals surface area contributed by atoms with Crippen LogP contribution >= 0.6 is 0 Å². The molecule has 0 radical (unpaired) electrons. The van der Waals surface area contributed by atoms with E-state index >= 15 is 0 Å². The second-order valence-corrected chi connectivity index (χ2v) is 7.69. The standard InChI is InChI=1S/C21H29N5O/c22-20(27)8-9-25-10-12-26(13-11-25)15-17-14-23-24-21(17)19-7-3-5-16-4-1-2-6-18(16)19/h1-7,17,21,23-24H,8-15H2,(H2,22,27). The Bertz CT molecular complexity index is 782. The summed E-state index contributed by atoms with van der Waals surface area (Å²) in [6.07, 6.45) is 0.458. The number of rotatable bonds is 6. The summed E-state index contributed by atoms with van der Waals surface area (Å²) in [5, 5.41) is 2.63. The molecule has 27 heavy (non-hydrogen) atoms. The predicted octanol–water partition coefficient (Wildman–Crippen LogP) is 1.10. The highest BCUT2D eigenvalue weighted by molar-refractivity contribution is 5.86. The van der Waals surface area contributed by atoms with Crippen LogP contribution in [0.1, 0.15) is 18.0 Å². The third-order valence-corrected chi connectivity index (χ3v) is 5.88. The molecule has 0 aromatic heterocycles. The van der Waals surface area contributed by atoms with Crippen molar-refractivity contribution in [1.82, 2.24) is 20.7 Å². The first-order valence-electron chi connectivity index (χ1n) is 9.90. The molecule has 6 heteroatoms. The number of fused-ring (bicyclic) bond motifs is 1. The van der Waals surface area contributed by atoms with E-state index < -0.39 is 0 Å². The number of nitrogens with zero attached hydrogens (tertiary/aromatic N) is 2. The fourth-order valence-corrected chi connectivity index (χ4v) is 4.35. The maximum Gasteiger partial charge on any atom is 0.218 e. The maximum atomic E-state index is 11.0. The van der Waals surface area contributed by atoms with Crippen LogP contribution in [0.25, 0.3) is 10.8 Å². The van der Waals surface area contributed by atoms with Crippen molar-refractivity contribution in [3.05, 3.63) is 48.0 Å². The first kappa shape index (κ1) is 18.4. The van der Waals surface area contributed by atoms with Gasteiger partial charge in [-0.3, -0.25) is 10.2 Å². The van der Waals surface area contributed by atoms with Crippen molar-refractivity contribution in [2.24, 2.45) is 11.7 Å². The normalized spacial score (nSPS) is 24.4. The molecule has 2 aliphatic heterocycles. The van der Waals surface area contributed by atoms with Crippen LogP contribution in [0, 0.1) is 5.92 Å². The van der Waals surface area contributed by atoms with Crippen LogP contribution in [-0.2, 0) is 4.79 Å². The van der Waals surface area contributed by atoms with Gasteiger partial charge in [-0.2, -0.15) is 0 Å². The van der Waals surface area contributed by atoms with Gasteiger partial charge < -0.3 is 15.5 Å². The van der Waals surface area contributed by atoms with Crippen molar-refractivity contribution in [3.8, 4) is 0 Å². The minimum atomic E-state index is -0.210. The molecule has 2 saturated heterocycles. The summed E-state index contributed by atoms with van der Waals surface area (Å²) >= 11 is 0. The zero-order valence-corrected chi connectivity index (χ0v) is 15.7. The third-order valence-electron chi connectivity index (χ3n) is 5.88. The van der Waals surface area contributed by atoms with E-state index in [0.717, 1.165) is 45.8 Å². The quantitative estimate of drug-likeness (QED) is 0.713.